The monoisotopic (exact) mass is 291 g/mol. The smallest absolute Gasteiger partial charge is 0.159 e. The van der Waals surface area contributed by atoms with Crippen molar-refractivity contribution in [3.05, 3.63) is 28.8 Å². The minimum Gasteiger partial charge on any atom is -0.367 e. The lowest BCUT2D eigenvalue weighted by molar-refractivity contribution is 0.101. The van der Waals surface area contributed by atoms with Crippen molar-refractivity contribution < 1.29 is 4.79 Å². The molecule has 2 fully saturated rings. The van der Waals surface area contributed by atoms with Gasteiger partial charge in [0.1, 0.15) is 0 Å². The standard InChI is InChI=1S/C17H22ClNO/c1-12(20)14-8-9-17(15(18)11-14)19-10-4-6-13-5-2-3-7-16(13)19/h8-9,11,13,16H,2-7,10H2,1H3/t13-,16-/m1/s1. The number of piperidine rings is 1. The van der Waals surface area contributed by atoms with Crippen LogP contribution in [0.2, 0.25) is 5.02 Å². The highest BCUT2D eigenvalue weighted by molar-refractivity contribution is 6.33. The number of halogens is 1. The van der Waals surface area contributed by atoms with E-state index in [2.05, 4.69) is 4.90 Å². The van der Waals surface area contributed by atoms with Gasteiger partial charge in [0, 0.05) is 18.2 Å². The predicted molar refractivity (Wildman–Crippen MR) is 83.8 cm³/mol. The van der Waals surface area contributed by atoms with Crippen LogP contribution < -0.4 is 4.90 Å². The number of rotatable bonds is 2. The van der Waals surface area contributed by atoms with Crippen molar-refractivity contribution >= 4 is 23.1 Å². The Morgan fingerprint density at radius 2 is 1.95 bits per heavy atom. The van der Waals surface area contributed by atoms with Crippen LogP contribution in [-0.2, 0) is 0 Å². The van der Waals surface area contributed by atoms with Crippen LogP contribution in [0.1, 0.15) is 55.8 Å². The minimum absolute atomic E-state index is 0.0765. The third-order valence-corrected chi connectivity index (χ3v) is 5.21. The Labute approximate surface area is 126 Å². The van der Waals surface area contributed by atoms with Crippen molar-refractivity contribution in [2.75, 3.05) is 11.4 Å². The van der Waals surface area contributed by atoms with Gasteiger partial charge in [-0.1, -0.05) is 24.4 Å². The molecule has 2 aliphatic rings. The molecule has 1 aliphatic heterocycles. The predicted octanol–water partition coefficient (Wildman–Crippen LogP) is 4.70. The molecule has 0 unspecified atom stereocenters. The Balaban J connectivity index is 1.89. The van der Waals surface area contributed by atoms with Gasteiger partial charge in [-0.2, -0.15) is 0 Å². The van der Waals surface area contributed by atoms with E-state index in [9.17, 15) is 4.79 Å². The van der Waals surface area contributed by atoms with Crippen LogP contribution in [0.15, 0.2) is 18.2 Å². The van der Waals surface area contributed by atoms with Crippen molar-refractivity contribution in [1.82, 2.24) is 0 Å². The summed E-state index contributed by atoms with van der Waals surface area (Å²) in [5.41, 5.74) is 1.82. The van der Waals surface area contributed by atoms with E-state index in [1.54, 1.807) is 6.92 Å². The molecule has 0 aromatic heterocycles. The zero-order valence-electron chi connectivity index (χ0n) is 12.1. The molecule has 0 radical (unpaired) electrons. The van der Waals surface area contributed by atoms with Crippen molar-refractivity contribution in [3.8, 4) is 0 Å². The first-order chi connectivity index (χ1) is 9.66. The van der Waals surface area contributed by atoms with Crippen LogP contribution in [0.25, 0.3) is 0 Å². The van der Waals surface area contributed by atoms with Crippen LogP contribution >= 0.6 is 11.6 Å². The van der Waals surface area contributed by atoms with Gasteiger partial charge in [0.15, 0.2) is 5.78 Å². The molecule has 3 rings (SSSR count). The molecule has 20 heavy (non-hydrogen) atoms. The van der Waals surface area contributed by atoms with Crippen LogP contribution in [0.5, 0.6) is 0 Å². The van der Waals surface area contributed by atoms with Gasteiger partial charge in [0.2, 0.25) is 0 Å². The Bertz CT molecular complexity index is 512. The van der Waals surface area contributed by atoms with Crippen LogP contribution in [0.3, 0.4) is 0 Å². The van der Waals surface area contributed by atoms with Gasteiger partial charge in [0.05, 0.1) is 10.7 Å². The van der Waals surface area contributed by atoms with E-state index in [4.69, 9.17) is 11.6 Å². The molecule has 2 nitrogen and oxygen atoms in total. The number of Topliss-reactive ketones (excluding diaryl/α,β-unsaturated/α-hetero) is 1. The molecule has 0 N–H and O–H groups in total. The average molecular weight is 292 g/mol. The van der Waals surface area contributed by atoms with Crippen molar-refractivity contribution in [2.45, 2.75) is 51.5 Å². The third-order valence-electron chi connectivity index (χ3n) is 4.91. The summed E-state index contributed by atoms with van der Waals surface area (Å²) in [5.74, 6) is 0.911. The van der Waals surface area contributed by atoms with Gasteiger partial charge in [-0.3, -0.25) is 4.79 Å². The fourth-order valence-electron chi connectivity index (χ4n) is 3.88. The largest absolute Gasteiger partial charge is 0.367 e. The summed E-state index contributed by atoms with van der Waals surface area (Å²) < 4.78 is 0. The van der Waals surface area contributed by atoms with Crippen molar-refractivity contribution in [2.24, 2.45) is 5.92 Å². The summed E-state index contributed by atoms with van der Waals surface area (Å²) in [6, 6.07) is 6.43. The number of benzene rings is 1. The summed E-state index contributed by atoms with van der Waals surface area (Å²) in [6.07, 6.45) is 7.99. The Kier molecular flexibility index (Phi) is 4.02. The number of carbonyl (C=O) groups excluding carboxylic acids is 1. The molecule has 1 saturated heterocycles. The fraction of sp³-hybridized carbons (Fsp3) is 0.588. The summed E-state index contributed by atoms with van der Waals surface area (Å²) in [6.45, 7) is 2.68. The number of hydrogen-bond donors (Lipinski definition) is 0. The lowest BCUT2D eigenvalue weighted by Crippen LogP contribution is -2.47. The second-order valence-electron chi connectivity index (χ2n) is 6.17. The molecule has 3 heteroatoms. The fourth-order valence-corrected chi connectivity index (χ4v) is 4.17. The zero-order chi connectivity index (χ0) is 14.1. The summed E-state index contributed by atoms with van der Waals surface area (Å²) in [7, 11) is 0. The number of hydrogen-bond acceptors (Lipinski definition) is 2. The first-order valence-corrected chi connectivity index (χ1v) is 8.12. The Hall–Kier alpha value is -1.02. The van der Waals surface area contributed by atoms with Crippen molar-refractivity contribution in [3.63, 3.8) is 0 Å². The average Bonchev–Trinajstić information content (AvgIpc) is 2.46. The molecule has 108 valence electrons. The molecular formula is C17H22ClNO. The van der Waals surface area contributed by atoms with E-state index in [1.165, 1.54) is 38.5 Å². The van der Waals surface area contributed by atoms with Gasteiger partial charge < -0.3 is 4.90 Å². The maximum absolute atomic E-state index is 11.4. The summed E-state index contributed by atoms with van der Waals surface area (Å²) in [5, 5.41) is 0.726. The molecule has 0 bridgehead atoms. The number of ketones is 1. The normalized spacial score (nSPS) is 26.2. The SMILES string of the molecule is CC(=O)c1ccc(N2CCC[C@H]3CCCC[C@H]32)c(Cl)c1. The third kappa shape index (κ3) is 2.58. The number of fused-ring (bicyclic) bond motifs is 1. The molecule has 2 atom stereocenters. The van der Waals surface area contributed by atoms with E-state index < -0.39 is 0 Å². The number of carbonyl (C=O) groups is 1. The quantitative estimate of drug-likeness (QED) is 0.736. The van der Waals surface area contributed by atoms with E-state index in [-0.39, 0.29) is 5.78 Å². The highest BCUT2D eigenvalue weighted by Gasteiger charge is 2.33. The van der Waals surface area contributed by atoms with E-state index in [0.717, 1.165) is 23.2 Å². The highest BCUT2D eigenvalue weighted by atomic mass is 35.5. The molecule has 1 saturated carbocycles. The van der Waals surface area contributed by atoms with Gasteiger partial charge in [-0.15, -0.1) is 0 Å². The van der Waals surface area contributed by atoms with Gasteiger partial charge in [-0.05, 0) is 56.7 Å². The Morgan fingerprint density at radius 1 is 1.20 bits per heavy atom. The zero-order valence-corrected chi connectivity index (χ0v) is 12.8. The van der Waals surface area contributed by atoms with E-state index >= 15 is 0 Å². The topological polar surface area (TPSA) is 20.3 Å². The van der Waals surface area contributed by atoms with Crippen LogP contribution in [0.4, 0.5) is 5.69 Å². The molecule has 0 amide bonds. The summed E-state index contributed by atoms with van der Waals surface area (Å²) in [4.78, 5) is 13.9. The lowest BCUT2D eigenvalue weighted by atomic mass is 9.78. The maximum Gasteiger partial charge on any atom is 0.159 e. The van der Waals surface area contributed by atoms with Gasteiger partial charge in [-0.25, -0.2) is 0 Å². The molecule has 1 aromatic carbocycles. The summed E-state index contributed by atoms with van der Waals surface area (Å²) >= 11 is 6.44. The molecule has 1 aromatic rings. The van der Waals surface area contributed by atoms with E-state index in [0.29, 0.717) is 11.6 Å². The number of nitrogens with zero attached hydrogens (tertiary/aromatic N) is 1. The molecular weight excluding hydrogens is 270 g/mol. The van der Waals surface area contributed by atoms with Crippen LogP contribution in [-0.4, -0.2) is 18.4 Å². The van der Waals surface area contributed by atoms with Crippen molar-refractivity contribution in [1.29, 1.82) is 0 Å². The van der Waals surface area contributed by atoms with Gasteiger partial charge in [0.25, 0.3) is 0 Å². The number of anilines is 1. The molecule has 0 spiro atoms. The highest BCUT2D eigenvalue weighted by Crippen LogP contribution is 2.40. The molecule has 1 heterocycles. The molecule has 1 aliphatic carbocycles. The maximum atomic E-state index is 11.4. The van der Waals surface area contributed by atoms with E-state index in [1.807, 2.05) is 18.2 Å². The Morgan fingerprint density at radius 3 is 2.70 bits per heavy atom. The first kappa shape index (κ1) is 13.9. The lowest BCUT2D eigenvalue weighted by Gasteiger charge is -2.45. The van der Waals surface area contributed by atoms with Gasteiger partial charge >= 0.3 is 0 Å². The second kappa shape index (κ2) is 5.77. The minimum atomic E-state index is 0.0765. The first-order valence-electron chi connectivity index (χ1n) is 7.74. The van der Waals surface area contributed by atoms with Crippen LogP contribution in [0, 0.1) is 5.92 Å². The second-order valence-corrected chi connectivity index (χ2v) is 6.58.